The molecule has 1 aromatic carbocycles. The first-order chi connectivity index (χ1) is 7.57. The van der Waals surface area contributed by atoms with E-state index in [2.05, 4.69) is 0 Å². The quantitative estimate of drug-likeness (QED) is 0.766. The number of anilines is 1. The summed E-state index contributed by atoms with van der Waals surface area (Å²) in [4.78, 5) is 0. The molecule has 0 N–H and O–H groups in total. The smallest absolute Gasteiger partial charge is 0.304 e. The lowest BCUT2D eigenvalue weighted by molar-refractivity contribution is 0.415. The van der Waals surface area contributed by atoms with Crippen molar-refractivity contribution >= 4 is 15.9 Å². The summed E-state index contributed by atoms with van der Waals surface area (Å²) in [5, 5.41) is 0. The molecule has 1 fully saturated rings. The van der Waals surface area contributed by atoms with E-state index < -0.39 is 10.2 Å². The highest BCUT2D eigenvalue weighted by Crippen LogP contribution is 2.32. The maximum atomic E-state index is 12.0. The number of nitrogens with zero attached hydrogens (tertiary/aromatic N) is 2. The molecule has 1 aliphatic heterocycles. The molecule has 1 aliphatic rings. The molecular formula is C10H14N2O3S. The van der Waals surface area contributed by atoms with Gasteiger partial charge in [0.25, 0.3) is 0 Å². The Morgan fingerprint density at radius 2 is 1.94 bits per heavy atom. The second-order valence-electron chi connectivity index (χ2n) is 3.57. The van der Waals surface area contributed by atoms with Crippen molar-refractivity contribution in [1.82, 2.24) is 4.31 Å². The maximum absolute atomic E-state index is 12.0. The van der Waals surface area contributed by atoms with E-state index in [4.69, 9.17) is 4.74 Å². The van der Waals surface area contributed by atoms with Gasteiger partial charge >= 0.3 is 10.2 Å². The molecule has 0 amide bonds. The van der Waals surface area contributed by atoms with Crippen LogP contribution in [-0.4, -0.2) is 40.0 Å². The molecule has 0 radical (unpaired) electrons. The van der Waals surface area contributed by atoms with E-state index in [0.29, 0.717) is 24.5 Å². The Kier molecular flexibility index (Phi) is 2.77. The van der Waals surface area contributed by atoms with Crippen LogP contribution in [0.15, 0.2) is 24.3 Å². The molecule has 1 saturated heterocycles. The first-order valence-corrected chi connectivity index (χ1v) is 6.34. The Bertz CT molecular complexity index is 487. The predicted molar refractivity (Wildman–Crippen MR) is 61.9 cm³/mol. The molecule has 0 spiro atoms. The molecular weight excluding hydrogens is 228 g/mol. The second kappa shape index (κ2) is 3.95. The lowest BCUT2D eigenvalue weighted by Crippen LogP contribution is -2.30. The van der Waals surface area contributed by atoms with Crippen LogP contribution >= 0.6 is 0 Å². The molecule has 0 bridgehead atoms. The Hall–Kier alpha value is -1.27. The van der Waals surface area contributed by atoms with E-state index in [9.17, 15) is 8.42 Å². The standard InChI is InChI=1S/C10H14N2O3S/c1-11-7-8-12(16(11,13)14)9-5-3-4-6-10(9)15-2/h3-6H,7-8H2,1-2H3. The van der Waals surface area contributed by atoms with Gasteiger partial charge in [-0.25, -0.2) is 0 Å². The first-order valence-electron chi connectivity index (χ1n) is 4.94. The highest BCUT2D eigenvalue weighted by atomic mass is 32.2. The zero-order valence-electron chi connectivity index (χ0n) is 9.25. The third-order valence-electron chi connectivity index (χ3n) is 2.64. The van der Waals surface area contributed by atoms with E-state index in [1.165, 1.54) is 15.7 Å². The summed E-state index contributed by atoms with van der Waals surface area (Å²) in [6.07, 6.45) is 0. The van der Waals surface area contributed by atoms with Crippen LogP contribution in [0, 0.1) is 0 Å². The third kappa shape index (κ3) is 1.64. The molecule has 0 aromatic heterocycles. The minimum absolute atomic E-state index is 0.458. The first kappa shape index (κ1) is 11.2. The number of para-hydroxylation sites is 2. The molecule has 0 atom stereocenters. The van der Waals surface area contributed by atoms with E-state index in [1.54, 1.807) is 25.2 Å². The normalized spacial score (nSPS) is 20.0. The molecule has 1 heterocycles. The van der Waals surface area contributed by atoms with Gasteiger partial charge in [0.2, 0.25) is 0 Å². The van der Waals surface area contributed by atoms with Crippen molar-refractivity contribution in [2.75, 3.05) is 31.6 Å². The zero-order valence-corrected chi connectivity index (χ0v) is 10.1. The summed E-state index contributed by atoms with van der Waals surface area (Å²) < 4.78 is 31.8. The fourth-order valence-corrected chi connectivity index (χ4v) is 3.07. The minimum Gasteiger partial charge on any atom is -0.495 e. The molecule has 5 nitrogen and oxygen atoms in total. The lowest BCUT2D eigenvalue weighted by atomic mass is 10.3. The van der Waals surface area contributed by atoms with E-state index in [0.717, 1.165) is 0 Å². The zero-order chi connectivity index (χ0) is 11.8. The number of hydrogen-bond acceptors (Lipinski definition) is 3. The third-order valence-corrected chi connectivity index (χ3v) is 4.55. The van der Waals surface area contributed by atoms with Crippen molar-refractivity contribution in [2.45, 2.75) is 0 Å². The van der Waals surface area contributed by atoms with Crippen molar-refractivity contribution < 1.29 is 13.2 Å². The van der Waals surface area contributed by atoms with Gasteiger partial charge in [0.05, 0.1) is 12.8 Å². The highest BCUT2D eigenvalue weighted by molar-refractivity contribution is 7.90. The van der Waals surface area contributed by atoms with Crippen LogP contribution < -0.4 is 9.04 Å². The lowest BCUT2D eigenvalue weighted by Gasteiger charge is -2.20. The van der Waals surface area contributed by atoms with Crippen LogP contribution in [0.2, 0.25) is 0 Å². The average Bonchev–Trinajstić information content (AvgIpc) is 2.54. The molecule has 0 saturated carbocycles. The molecule has 0 aliphatic carbocycles. The summed E-state index contributed by atoms with van der Waals surface area (Å²) in [5.74, 6) is 0.571. The summed E-state index contributed by atoms with van der Waals surface area (Å²) in [6.45, 7) is 0.958. The van der Waals surface area contributed by atoms with Crippen molar-refractivity contribution in [1.29, 1.82) is 0 Å². The maximum Gasteiger partial charge on any atom is 0.304 e. The Balaban J connectivity index is 2.46. The van der Waals surface area contributed by atoms with E-state index in [1.807, 2.05) is 6.07 Å². The number of methoxy groups -OCH3 is 1. The van der Waals surface area contributed by atoms with Crippen molar-refractivity contribution in [3.05, 3.63) is 24.3 Å². The molecule has 0 unspecified atom stereocenters. The molecule has 2 rings (SSSR count). The number of rotatable bonds is 2. The van der Waals surface area contributed by atoms with Crippen LogP contribution in [0.5, 0.6) is 5.75 Å². The minimum atomic E-state index is -3.36. The van der Waals surface area contributed by atoms with Gasteiger partial charge in [-0.1, -0.05) is 12.1 Å². The number of likely N-dealkylation sites (N-methyl/N-ethyl adjacent to an activating group) is 1. The van der Waals surface area contributed by atoms with Crippen molar-refractivity contribution in [2.24, 2.45) is 0 Å². The van der Waals surface area contributed by atoms with Gasteiger partial charge in [-0.3, -0.25) is 4.31 Å². The molecule has 1 aromatic rings. The van der Waals surface area contributed by atoms with Crippen LogP contribution in [0.4, 0.5) is 5.69 Å². The average molecular weight is 242 g/mol. The van der Waals surface area contributed by atoms with E-state index >= 15 is 0 Å². The Morgan fingerprint density at radius 1 is 1.25 bits per heavy atom. The predicted octanol–water partition coefficient (Wildman–Crippen LogP) is 0.692. The summed E-state index contributed by atoms with van der Waals surface area (Å²) in [6, 6.07) is 7.11. The molecule has 6 heteroatoms. The van der Waals surface area contributed by atoms with E-state index in [-0.39, 0.29) is 0 Å². The van der Waals surface area contributed by atoms with Gasteiger partial charge < -0.3 is 4.74 Å². The Labute approximate surface area is 95.4 Å². The fraction of sp³-hybridized carbons (Fsp3) is 0.400. The van der Waals surface area contributed by atoms with Gasteiger partial charge in [0.1, 0.15) is 5.75 Å². The number of benzene rings is 1. The van der Waals surface area contributed by atoms with Crippen LogP contribution in [0.1, 0.15) is 0 Å². The molecule has 16 heavy (non-hydrogen) atoms. The Morgan fingerprint density at radius 3 is 2.50 bits per heavy atom. The van der Waals surface area contributed by atoms with Crippen LogP contribution in [0.3, 0.4) is 0 Å². The van der Waals surface area contributed by atoms with Gasteiger partial charge in [0.15, 0.2) is 0 Å². The van der Waals surface area contributed by atoms with Crippen molar-refractivity contribution in [3.63, 3.8) is 0 Å². The van der Waals surface area contributed by atoms with Gasteiger partial charge in [-0.2, -0.15) is 12.7 Å². The van der Waals surface area contributed by atoms with Gasteiger partial charge in [-0.05, 0) is 12.1 Å². The largest absolute Gasteiger partial charge is 0.495 e. The second-order valence-corrected chi connectivity index (χ2v) is 5.53. The summed E-state index contributed by atoms with van der Waals surface area (Å²) in [7, 11) is -0.258. The number of hydrogen-bond donors (Lipinski definition) is 0. The fourth-order valence-electron chi connectivity index (χ4n) is 1.71. The topological polar surface area (TPSA) is 49.9 Å². The van der Waals surface area contributed by atoms with Gasteiger partial charge in [0, 0.05) is 20.1 Å². The molecule has 88 valence electrons. The van der Waals surface area contributed by atoms with Crippen LogP contribution in [0.25, 0.3) is 0 Å². The summed E-state index contributed by atoms with van der Waals surface area (Å²) >= 11 is 0. The number of ether oxygens (including phenoxy) is 1. The SMILES string of the molecule is COc1ccccc1N1CCN(C)S1(=O)=O. The van der Waals surface area contributed by atoms with Crippen LogP contribution in [-0.2, 0) is 10.2 Å². The monoisotopic (exact) mass is 242 g/mol. The van der Waals surface area contributed by atoms with Gasteiger partial charge in [-0.15, -0.1) is 0 Å². The highest BCUT2D eigenvalue weighted by Gasteiger charge is 2.35. The summed E-state index contributed by atoms with van der Waals surface area (Å²) in [5.41, 5.74) is 0.592. The van der Waals surface area contributed by atoms with Crippen molar-refractivity contribution in [3.8, 4) is 5.75 Å².